The number of primary amides is 1. The van der Waals surface area contributed by atoms with E-state index in [1.165, 1.54) is 6.07 Å². The molecule has 0 spiro atoms. The number of anilines is 2. The van der Waals surface area contributed by atoms with Crippen LogP contribution >= 0.6 is 0 Å². The number of rotatable bonds is 10. The predicted octanol–water partition coefficient (Wildman–Crippen LogP) is -0.296. The van der Waals surface area contributed by atoms with Gasteiger partial charge in [-0.15, -0.1) is 5.10 Å². The predicted molar refractivity (Wildman–Crippen MR) is 171 cm³/mol. The number of carbonyl (C=O) groups is 3. The third kappa shape index (κ3) is 5.66. The fourth-order valence-corrected chi connectivity index (χ4v) is 5.71. The van der Waals surface area contributed by atoms with Crippen molar-refractivity contribution >= 4 is 34.7 Å². The van der Waals surface area contributed by atoms with Gasteiger partial charge in [0.25, 0.3) is 28.6 Å². The average Bonchev–Trinajstić information content (AvgIpc) is 3.85. The number of aryl methyl sites for hydroxylation is 1. The lowest BCUT2D eigenvalue weighted by Gasteiger charge is -2.15. The standard InChI is InChI=1S/C31H25N11O7/c32-21-22(25(44)24(21)43)34-11-13-2-1-3-14(8-13)12-35-29(46)19-10-20(42-28(36-19)23(26(33)45)39-41-42)30(47)37-18-7-5-15-9-16(4-6-17(15)18)27-38-31(48)49-40-27/h1-4,6,8-10,18,34H,5,7,11-12,32H2,(H2,33,45)(H,35,46)(H,37,47)(H,38,40,48)/t18-/m0/s1. The normalized spacial score (nSPS) is 13.8. The maximum Gasteiger partial charge on any atom is 0.439 e. The Morgan fingerprint density at radius 3 is 2.53 bits per heavy atom. The number of nitrogens with zero attached hydrogens (tertiary/aromatic N) is 5. The van der Waals surface area contributed by atoms with Crippen molar-refractivity contribution in [1.29, 1.82) is 0 Å². The van der Waals surface area contributed by atoms with E-state index >= 15 is 0 Å². The number of nitrogens with one attached hydrogen (secondary N) is 4. The summed E-state index contributed by atoms with van der Waals surface area (Å²) in [6, 6.07) is 13.4. The first-order chi connectivity index (χ1) is 23.6. The largest absolute Gasteiger partial charge is 0.439 e. The Morgan fingerprint density at radius 1 is 1.00 bits per heavy atom. The van der Waals surface area contributed by atoms with Crippen LogP contribution in [0.25, 0.3) is 17.0 Å². The van der Waals surface area contributed by atoms with Crippen LogP contribution in [0.2, 0.25) is 0 Å². The first kappa shape index (κ1) is 30.7. The number of benzene rings is 2. The Hall–Kier alpha value is -6.98. The molecule has 0 saturated carbocycles. The maximum absolute atomic E-state index is 13.7. The molecule has 0 fully saturated rings. The SMILES string of the molecule is NC(=O)c1nnn2c(C(=O)N[C@H]3CCc4cc(-c5noc(=O)[nH]5)ccc43)cc(C(=O)NCc3cccc(CNc4c(N)c(=O)c4=O)c3)nc12. The second-order valence-electron chi connectivity index (χ2n) is 11.3. The van der Waals surface area contributed by atoms with Crippen molar-refractivity contribution in [2.75, 3.05) is 11.1 Å². The second kappa shape index (κ2) is 12.0. The Bertz CT molecular complexity index is 2450. The summed E-state index contributed by atoms with van der Waals surface area (Å²) >= 11 is 0. The van der Waals surface area contributed by atoms with Gasteiger partial charge in [0.1, 0.15) is 22.8 Å². The van der Waals surface area contributed by atoms with Crippen molar-refractivity contribution in [3.8, 4) is 11.4 Å². The molecular weight excluding hydrogens is 638 g/mol. The first-order valence-corrected chi connectivity index (χ1v) is 14.8. The lowest BCUT2D eigenvalue weighted by Crippen LogP contribution is -2.36. The molecule has 246 valence electrons. The van der Waals surface area contributed by atoms with E-state index in [2.05, 4.69) is 45.9 Å². The summed E-state index contributed by atoms with van der Waals surface area (Å²) in [6.45, 7) is 0.277. The van der Waals surface area contributed by atoms with Crippen molar-refractivity contribution in [3.63, 3.8) is 0 Å². The maximum atomic E-state index is 13.7. The lowest BCUT2D eigenvalue weighted by atomic mass is 10.0. The number of hydrogen-bond donors (Lipinski definition) is 6. The smallest absolute Gasteiger partial charge is 0.394 e. The Kier molecular flexibility index (Phi) is 7.50. The minimum Gasteiger partial charge on any atom is -0.394 e. The molecule has 18 heteroatoms. The molecule has 0 radical (unpaired) electrons. The molecule has 7 rings (SSSR count). The van der Waals surface area contributed by atoms with Gasteiger partial charge in [0.15, 0.2) is 17.2 Å². The van der Waals surface area contributed by atoms with Crippen LogP contribution in [0.5, 0.6) is 0 Å². The van der Waals surface area contributed by atoms with E-state index in [9.17, 15) is 28.8 Å². The summed E-state index contributed by atoms with van der Waals surface area (Å²) in [5, 5.41) is 19.9. The summed E-state index contributed by atoms with van der Waals surface area (Å²) < 4.78 is 5.64. The highest BCUT2D eigenvalue weighted by Gasteiger charge is 2.28. The highest BCUT2D eigenvalue weighted by atomic mass is 16.5. The van der Waals surface area contributed by atoms with Gasteiger partial charge in [-0.25, -0.2) is 9.78 Å². The van der Waals surface area contributed by atoms with Crippen LogP contribution in [0.1, 0.15) is 66.2 Å². The first-order valence-electron chi connectivity index (χ1n) is 14.8. The number of aromatic nitrogens is 6. The molecule has 1 atom stereocenters. The van der Waals surface area contributed by atoms with E-state index in [-0.39, 0.29) is 53.0 Å². The van der Waals surface area contributed by atoms with Gasteiger partial charge in [0.2, 0.25) is 0 Å². The van der Waals surface area contributed by atoms with Gasteiger partial charge in [0, 0.05) is 24.7 Å². The van der Waals surface area contributed by atoms with Crippen molar-refractivity contribution in [1.82, 2.24) is 40.6 Å². The summed E-state index contributed by atoms with van der Waals surface area (Å²) in [5.41, 5.74) is 12.7. The van der Waals surface area contributed by atoms with Gasteiger partial charge in [-0.05, 0) is 41.2 Å². The van der Waals surface area contributed by atoms with Crippen molar-refractivity contribution in [2.45, 2.75) is 32.0 Å². The quantitative estimate of drug-likeness (QED) is 0.103. The molecule has 0 bridgehead atoms. The number of amides is 3. The molecular formula is C31H25N11O7. The zero-order valence-corrected chi connectivity index (χ0v) is 25.3. The monoisotopic (exact) mass is 663 g/mol. The van der Waals surface area contributed by atoms with E-state index in [4.69, 9.17) is 11.5 Å². The number of carbonyl (C=O) groups excluding carboxylic acids is 3. The lowest BCUT2D eigenvalue weighted by molar-refractivity contribution is 0.0927. The minimum atomic E-state index is -0.948. The average molecular weight is 664 g/mol. The molecule has 18 nitrogen and oxygen atoms in total. The van der Waals surface area contributed by atoms with Gasteiger partial charge < -0.3 is 27.4 Å². The zero-order valence-electron chi connectivity index (χ0n) is 25.3. The van der Waals surface area contributed by atoms with Gasteiger partial charge in [-0.3, -0.25) is 33.5 Å². The molecule has 3 aromatic heterocycles. The molecule has 3 aromatic carbocycles. The number of hydrogen-bond acceptors (Lipinski definition) is 13. The van der Waals surface area contributed by atoms with E-state index in [0.29, 0.717) is 24.0 Å². The van der Waals surface area contributed by atoms with E-state index in [0.717, 1.165) is 21.2 Å². The zero-order chi connectivity index (χ0) is 34.4. The number of H-pyrrole nitrogens is 1. The molecule has 0 aliphatic heterocycles. The topological polar surface area (TPSA) is 275 Å². The highest BCUT2D eigenvalue weighted by molar-refractivity contribution is 6.01. The molecule has 1 aliphatic rings. The van der Waals surface area contributed by atoms with Crippen LogP contribution in [-0.4, -0.2) is 47.7 Å². The van der Waals surface area contributed by atoms with E-state index < -0.39 is 40.4 Å². The second-order valence-corrected chi connectivity index (χ2v) is 11.3. The minimum absolute atomic E-state index is 0.0621. The number of aromatic amines is 1. The molecule has 3 amide bonds. The third-order valence-electron chi connectivity index (χ3n) is 8.17. The van der Waals surface area contributed by atoms with Gasteiger partial charge in [-0.1, -0.05) is 46.8 Å². The Balaban J connectivity index is 1.09. The van der Waals surface area contributed by atoms with E-state index in [1.807, 2.05) is 12.1 Å². The number of fused-ring (bicyclic) bond motifs is 2. The fourth-order valence-electron chi connectivity index (χ4n) is 5.71. The Labute approximate surface area is 273 Å². The third-order valence-corrected chi connectivity index (χ3v) is 8.17. The summed E-state index contributed by atoms with van der Waals surface area (Å²) in [5.74, 6) is -2.59. The summed E-state index contributed by atoms with van der Waals surface area (Å²) in [7, 11) is 0. The highest BCUT2D eigenvalue weighted by Crippen LogP contribution is 2.33. The van der Waals surface area contributed by atoms with Gasteiger partial charge >= 0.3 is 5.76 Å². The summed E-state index contributed by atoms with van der Waals surface area (Å²) in [6.07, 6.45) is 1.20. The Morgan fingerprint density at radius 2 is 1.80 bits per heavy atom. The van der Waals surface area contributed by atoms with Crippen LogP contribution in [0, 0.1) is 0 Å². The van der Waals surface area contributed by atoms with E-state index in [1.54, 1.807) is 30.3 Å². The molecule has 0 unspecified atom stereocenters. The van der Waals surface area contributed by atoms with Gasteiger partial charge in [0.05, 0.1) is 6.04 Å². The molecule has 6 aromatic rings. The van der Waals surface area contributed by atoms with Crippen LogP contribution < -0.4 is 44.0 Å². The molecule has 1 aliphatic carbocycles. The number of nitrogen functional groups attached to an aromatic ring is 1. The summed E-state index contributed by atoms with van der Waals surface area (Å²) in [4.78, 5) is 80.3. The molecule has 8 N–H and O–H groups in total. The van der Waals surface area contributed by atoms with Crippen molar-refractivity contribution in [2.24, 2.45) is 5.73 Å². The molecule has 0 saturated heterocycles. The van der Waals surface area contributed by atoms with Crippen LogP contribution in [-0.2, 0) is 19.5 Å². The van der Waals surface area contributed by atoms with Crippen molar-refractivity contribution < 1.29 is 18.9 Å². The van der Waals surface area contributed by atoms with Crippen LogP contribution in [0.15, 0.2) is 67.4 Å². The molecule has 49 heavy (non-hydrogen) atoms. The molecule has 3 heterocycles. The fraction of sp³-hybridized carbons (Fsp3) is 0.161. The van der Waals surface area contributed by atoms with Crippen LogP contribution in [0.4, 0.5) is 11.4 Å². The number of nitrogens with two attached hydrogens (primary N) is 2. The van der Waals surface area contributed by atoms with Crippen LogP contribution in [0.3, 0.4) is 0 Å². The van der Waals surface area contributed by atoms with Gasteiger partial charge in [-0.2, -0.15) is 4.52 Å². The van der Waals surface area contributed by atoms with Crippen molar-refractivity contribution in [3.05, 3.63) is 119 Å².